The number of ether oxygens (including phenoxy) is 1. The van der Waals surface area contributed by atoms with Crippen LogP contribution >= 0.6 is 0 Å². The third-order valence-electron chi connectivity index (χ3n) is 3.47. The second-order valence-electron chi connectivity index (χ2n) is 4.89. The van der Waals surface area contributed by atoms with Crippen LogP contribution in [0, 0.1) is 5.92 Å². The number of carbonyl (C=O) groups is 2. The molecule has 2 atom stereocenters. The Kier molecular flexibility index (Phi) is 4.57. The van der Waals surface area contributed by atoms with E-state index in [-0.39, 0.29) is 17.9 Å². The van der Waals surface area contributed by atoms with E-state index in [1.54, 1.807) is 24.3 Å². The van der Waals surface area contributed by atoms with E-state index in [9.17, 15) is 9.59 Å². The number of amides is 2. The Labute approximate surface area is 117 Å². The first-order valence-corrected chi connectivity index (χ1v) is 6.61. The molecule has 0 aromatic heterocycles. The van der Waals surface area contributed by atoms with Gasteiger partial charge in [-0.1, -0.05) is 12.5 Å². The Morgan fingerprint density at radius 3 is 2.55 bits per heavy atom. The van der Waals surface area contributed by atoms with Gasteiger partial charge in [0.15, 0.2) is 0 Å². The molecule has 1 aromatic rings. The van der Waals surface area contributed by atoms with Crippen molar-refractivity contribution in [1.82, 2.24) is 0 Å². The lowest BCUT2D eigenvalue weighted by Gasteiger charge is -2.15. The van der Waals surface area contributed by atoms with Gasteiger partial charge in [0.25, 0.3) is 0 Å². The summed E-state index contributed by atoms with van der Waals surface area (Å²) in [5.74, 6) is -0.197. The van der Waals surface area contributed by atoms with E-state index in [4.69, 9.17) is 5.73 Å². The predicted molar refractivity (Wildman–Crippen MR) is 76.4 cm³/mol. The minimum absolute atomic E-state index is 0.0635. The van der Waals surface area contributed by atoms with Crippen molar-refractivity contribution in [1.29, 1.82) is 0 Å². The molecule has 0 heterocycles. The van der Waals surface area contributed by atoms with Gasteiger partial charge in [0.05, 0.1) is 13.0 Å². The van der Waals surface area contributed by atoms with Crippen LogP contribution in [0.15, 0.2) is 24.3 Å². The number of hydrogen-bond donors (Lipinski definition) is 3. The molecule has 2 unspecified atom stereocenters. The molecule has 0 spiro atoms. The molecule has 20 heavy (non-hydrogen) atoms. The van der Waals surface area contributed by atoms with Gasteiger partial charge in [0.1, 0.15) is 0 Å². The van der Waals surface area contributed by atoms with Gasteiger partial charge in [0.2, 0.25) is 5.91 Å². The number of benzene rings is 1. The normalized spacial score (nSPS) is 21.3. The van der Waals surface area contributed by atoms with Crippen LogP contribution in [0.4, 0.5) is 16.2 Å². The highest BCUT2D eigenvalue weighted by Gasteiger charge is 2.30. The molecule has 1 aliphatic rings. The van der Waals surface area contributed by atoms with E-state index in [2.05, 4.69) is 15.4 Å². The highest BCUT2D eigenvalue weighted by atomic mass is 16.5. The van der Waals surface area contributed by atoms with Gasteiger partial charge in [0, 0.05) is 17.4 Å². The minimum Gasteiger partial charge on any atom is -0.453 e. The summed E-state index contributed by atoms with van der Waals surface area (Å²) < 4.78 is 4.52. The summed E-state index contributed by atoms with van der Waals surface area (Å²) in [6.07, 6.45) is 2.16. The lowest BCUT2D eigenvalue weighted by atomic mass is 10.0. The Morgan fingerprint density at radius 1 is 1.25 bits per heavy atom. The molecule has 0 aliphatic heterocycles. The SMILES string of the molecule is COC(=O)Nc1cccc(NC(=O)C2CCCC2N)c1. The van der Waals surface area contributed by atoms with Crippen molar-refractivity contribution in [2.75, 3.05) is 17.7 Å². The second kappa shape index (κ2) is 6.38. The van der Waals surface area contributed by atoms with Crippen molar-refractivity contribution in [3.05, 3.63) is 24.3 Å². The summed E-state index contributed by atoms with van der Waals surface area (Å²) in [5, 5.41) is 5.38. The summed E-state index contributed by atoms with van der Waals surface area (Å²) in [6, 6.07) is 6.84. The standard InChI is InChI=1S/C14H19N3O3/c1-20-14(19)17-10-5-2-4-9(8-10)16-13(18)11-6-3-7-12(11)15/h2,4-5,8,11-12H,3,6-7,15H2,1H3,(H,16,18)(H,17,19). The molecule has 6 heteroatoms. The van der Waals surface area contributed by atoms with Gasteiger partial charge in [-0.05, 0) is 31.0 Å². The number of nitrogens with one attached hydrogen (secondary N) is 2. The van der Waals surface area contributed by atoms with Crippen LogP contribution < -0.4 is 16.4 Å². The Balaban J connectivity index is 2.00. The van der Waals surface area contributed by atoms with Gasteiger partial charge in [-0.25, -0.2) is 4.79 Å². The van der Waals surface area contributed by atoms with Crippen LogP contribution in [0.5, 0.6) is 0 Å². The molecular formula is C14H19N3O3. The quantitative estimate of drug-likeness (QED) is 0.787. The molecule has 108 valence electrons. The number of carbonyl (C=O) groups excluding carboxylic acids is 2. The van der Waals surface area contributed by atoms with E-state index in [1.807, 2.05) is 0 Å². The lowest BCUT2D eigenvalue weighted by molar-refractivity contribution is -0.120. The first-order valence-electron chi connectivity index (χ1n) is 6.61. The molecular weight excluding hydrogens is 258 g/mol. The molecule has 6 nitrogen and oxygen atoms in total. The van der Waals surface area contributed by atoms with E-state index in [0.717, 1.165) is 19.3 Å². The number of anilines is 2. The van der Waals surface area contributed by atoms with E-state index < -0.39 is 6.09 Å². The Bertz CT molecular complexity index is 504. The van der Waals surface area contributed by atoms with Crippen LogP contribution in [-0.4, -0.2) is 25.2 Å². The molecule has 0 bridgehead atoms. The number of methoxy groups -OCH3 is 1. The molecule has 1 saturated carbocycles. The average Bonchev–Trinajstić information content (AvgIpc) is 2.85. The molecule has 0 radical (unpaired) electrons. The fraction of sp³-hybridized carbons (Fsp3) is 0.429. The summed E-state index contributed by atoms with van der Waals surface area (Å²) in [7, 11) is 1.29. The van der Waals surface area contributed by atoms with Crippen molar-refractivity contribution < 1.29 is 14.3 Å². The topological polar surface area (TPSA) is 93.5 Å². The molecule has 1 fully saturated rings. The fourth-order valence-corrected chi connectivity index (χ4v) is 2.39. The lowest BCUT2D eigenvalue weighted by Crippen LogP contribution is -2.34. The number of hydrogen-bond acceptors (Lipinski definition) is 4. The van der Waals surface area contributed by atoms with Gasteiger partial charge >= 0.3 is 6.09 Å². The zero-order valence-corrected chi connectivity index (χ0v) is 11.4. The highest BCUT2D eigenvalue weighted by molar-refractivity contribution is 5.94. The van der Waals surface area contributed by atoms with E-state index >= 15 is 0 Å². The van der Waals surface area contributed by atoms with Crippen LogP contribution in [0.1, 0.15) is 19.3 Å². The predicted octanol–water partition coefficient (Wildman–Crippen LogP) is 1.93. The first kappa shape index (κ1) is 14.3. The minimum atomic E-state index is -0.550. The third kappa shape index (κ3) is 3.48. The zero-order valence-electron chi connectivity index (χ0n) is 11.4. The molecule has 2 amide bonds. The molecule has 1 aliphatic carbocycles. The number of nitrogens with two attached hydrogens (primary N) is 1. The monoisotopic (exact) mass is 277 g/mol. The molecule has 4 N–H and O–H groups in total. The van der Waals surface area contributed by atoms with Crippen LogP contribution in [0.3, 0.4) is 0 Å². The Morgan fingerprint density at radius 2 is 1.95 bits per heavy atom. The Hall–Kier alpha value is -2.08. The largest absolute Gasteiger partial charge is 0.453 e. The maximum absolute atomic E-state index is 12.1. The molecule has 0 saturated heterocycles. The fourth-order valence-electron chi connectivity index (χ4n) is 2.39. The van der Waals surface area contributed by atoms with Crippen molar-refractivity contribution in [2.24, 2.45) is 11.7 Å². The van der Waals surface area contributed by atoms with E-state index in [1.165, 1.54) is 7.11 Å². The highest BCUT2D eigenvalue weighted by Crippen LogP contribution is 2.25. The summed E-state index contributed by atoms with van der Waals surface area (Å²) in [6.45, 7) is 0. The summed E-state index contributed by atoms with van der Waals surface area (Å²) in [5.41, 5.74) is 7.10. The maximum atomic E-state index is 12.1. The van der Waals surface area contributed by atoms with Gasteiger partial charge < -0.3 is 15.8 Å². The van der Waals surface area contributed by atoms with Crippen molar-refractivity contribution in [3.8, 4) is 0 Å². The molecule has 1 aromatic carbocycles. The molecule has 2 rings (SSSR count). The average molecular weight is 277 g/mol. The van der Waals surface area contributed by atoms with Gasteiger partial charge in [-0.3, -0.25) is 10.1 Å². The smallest absolute Gasteiger partial charge is 0.411 e. The van der Waals surface area contributed by atoms with Gasteiger partial charge in [-0.2, -0.15) is 0 Å². The van der Waals surface area contributed by atoms with Crippen molar-refractivity contribution in [3.63, 3.8) is 0 Å². The first-order chi connectivity index (χ1) is 9.60. The summed E-state index contributed by atoms with van der Waals surface area (Å²) >= 11 is 0. The van der Waals surface area contributed by atoms with E-state index in [0.29, 0.717) is 11.4 Å². The summed E-state index contributed by atoms with van der Waals surface area (Å²) in [4.78, 5) is 23.2. The maximum Gasteiger partial charge on any atom is 0.411 e. The zero-order chi connectivity index (χ0) is 14.5. The van der Waals surface area contributed by atoms with Crippen LogP contribution in [0.25, 0.3) is 0 Å². The van der Waals surface area contributed by atoms with Crippen molar-refractivity contribution >= 4 is 23.4 Å². The number of rotatable bonds is 3. The third-order valence-corrected chi connectivity index (χ3v) is 3.47. The van der Waals surface area contributed by atoms with Crippen LogP contribution in [0.2, 0.25) is 0 Å². The van der Waals surface area contributed by atoms with Gasteiger partial charge in [-0.15, -0.1) is 0 Å². The van der Waals surface area contributed by atoms with Crippen molar-refractivity contribution in [2.45, 2.75) is 25.3 Å². The second-order valence-corrected chi connectivity index (χ2v) is 4.89. The van der Waals surface area contributed by atoms with Crippen LogP contribution in [-0.2, 0) is 9.53 Å².